The Balaban J connectivity index is 2.69. The van der Waals surface area contributed by atoms with Gasteiger partial charge in [0.15, 0.2) is 5.69 Å². The zero-order valence-electron chi connectivity index (χ0n) is 9.94. The van der Waals surface area contributed by atoms with E-state index in [9.17, 15) is 9.59 Å². The van der Waals surface area contributed by atoms with Gasteiger partial charge in [-0.05, 0) is 25.1 Å². The van der Waals surface area contributed by atoms with Crippen molar-refractivity contribution >= 4 is 38.7 Å². The quantitative estimate of drug-likeness (QED) is 0.800. The largest absolute Gasteiger partial charge is 0.461 e. The molecular formula is C12H11BrN2O3. The highest BCUT2D eigenvalue weighted by atomic mass is 79.9. The van der Waals surface area contributed by atoms with Gasteiger partial charge in [-0.3, -0.25) is 4.79 Å². The molecule has 6 heteroatoms. The third-order valence-corrected chi connectivity index (χ3v) is 2.90. The van der Waals surface area contributed by atoms with Crippen LogP contribution in [0.4, 0.5) is 0 Å². The zero-order chi connectivity index (χ0) is 13.3. The number of nitrogens with zero attached hydrogens (tertiary/aromatic N) is 2. The molecule has 0 fully saturated rings. The standard InChI is InChI=1S/C12H11BrN2O3/c1-3-18-12(17)11-9-6-8(13)4-5-10(9)15(14-11)7(2)16/h4-6H,3H2,1-2H3. The lowest BCUT2D eigenvalue weighted by Gasteiger charge is -1.98. The fraction of sp³-hybridized carbons (Fsp3) is 0.250. The van der Waals surface area contributed by atoms with Crippen molar-refractivity contribution < 1.29 is 14.3 Å². The van der Waals surface area contributed by atoms with Crippen LogP contribution in [-0.2, 0) is 4.74 Å². The van der Waals surface area contributed by atoms with E-state index in [1.165, 1.54) is 11.6 Å². The van der Waals surface area contributed by atoms with E-state index < -0.39 is 5.97 Å². The third kappa shape index (κ3) is 2.15. The first-order valence-corrected chi connectivity index (χ1v) is 6.20. The molecule has 94 valence electrons. The Kier molecular flexibility index (Phi) is 3.47. The summed E-state index contributed by atoms with van der Waals surface area (Å²) in [6.07, 6.45) is 0. The Morgan fingerprint density at radius 2 is 2.17 bits per heavy atom. The second-order valence-electron chi connectivity index (χ2n) is 3.66. The van der Waals surface area contributed by atoms with Crippen LogP contribution in [0.3, 0.4) is 0 Å². The highest BCUT2D eigenvalue weighted by Gasteiger charge is 2.19. The topological polar surface area (TPSA) is 61.2 Å². The monoisotopic (exact) mass is 310 g/mol. The van der Waals surface area contributed by atoms with E-state index >= 15 is 0 Å². The lowest BCUT2D eigenvalue weighted by atomic mass is 10.2. The maximum Gasteiger partial charge on any atom is 0.359 e. The van der Waals surface area contributed by atoms with Crippen LogP contribution in [0.1, 0.15) is 29.1 Å². The van der Waals surface area contributed by atoms with Gasteiger partial charge in [-0.2, -0.15) is 9.78 Å². The number of esters is 1. The first-order valence-electron chi connectivity index (χ1n) is 5.41. The van der Waals surface area contributed by atoms with E-state index in [0.717, 1.165) is 4.47 Å². The number of benzene rings is 1. The van der Waals surface area contributed by atoms with Crippen molar-refractivity contribution in [3.05, 3.63) is 28.4 Å². The summed E-state index contributed by atoms with van der Waals surface area (Å²) in [5.74, 6) is -0.779. The molecule has 0 radical (unpaired) electrons. The van der Waals surface area contributed by atoms with Crippen LogP contribution >= 0.6 is 15.9 Å². The molecule has 0 saturated carbocycles. The number of halogens is 1. The highest BCUT2D eigenvalue weighted by Crippen LogP contribution is 2.23. The van der Waals surface area contributed by atoms with Crippen molar-refractivity contribution in [3.8, 4) is 0 Å². The maximum absolute atomic E-state index is 11.8. The third-order valence-electron chi connectivity index (χ3n) is 2.41. The molecule has 0 aliphatic carbocycles. The van der Waals surface area contributed by atoms with E-state index in [-0.39, 0.29) is 18.2 Å². The van der Waals surface area contributed by atoms with Crippen molar-refractivity contribution in [3.63, 3.8) is 0 Å². The lowest BCUT2D eigenvalue weighted by molar-refractivity contribution is 0.0521. The predicted octanol–water partition coefficient (Wildman–Crippen LogP) is 2.64. The number of rotatable bonds is 2. The average Bonchev–Trinajstić information content (AvgIpc) is 2.68. The number of ether oxygens (including phenoxy) is 1. The van der Waals surface area contributed by atoms with Gasteiger partial charge in [0, 0.05) is 16.8 Å². The molecule has 1 aromatic carbocycles. The molecule has 1 aromatic heterocycles. The van der Waals surface area contributed by atoms with Crippen LogP contribution in [0, 0.1) is 0 Å². The van der Waals surface area contributed by atoms with Crippen molar-refractivity contribution in [2.24, 2.45) is 0 Å². The van der Waals surface area contributed by atoms with Crippen LogP contribution in [0.15, 0.2) is 22.7 Å². The van der Waals surface area contributed by atoms with Crippen LogP contribution < -0.4 is 0 Å². The molecule has 2 aromatic rings. The highest BCUT2D eigenvalue weighted by molar-refractivity contribution is 9.10. The molecule has 0 unspecified atom stereocenters. The van der Waals surface area contributed by atoms with Gasteiger partial charge in [-0.15, -0.1) is 0 Å². The summed E-state index contributed by atoms with van der Waals surface area (Å²) in [4.78, 5) is 23.3. The van der Waals surface area contributed by atoms with Crippen LogP contribution in [0.2, 0.25) is 0 Å². The van der Waals surface area contributed by atoms with Gasteiger partial charge in [-0.25, -0.2) is 4.79 Å². The second-order valence-corrected chi connectivity index (χ2v) is 4.58. The first-order chi connectivity index (χ1) is 8.54. The van der Waals surface area contributed by atoms with E-state index in [0.29, 0.717) is 10.9 Å². The molecule has 0 N–H and O–H groups in total. The summed E-state index contributed by atoms with van der Waals surface area (Å²) in [5, 5.41) is 4.62. The second kappa shape index (κ2) is 4.89. The van der Waals surface area contributed by atoms with Gasteiger partial charge < -0.3 is 4.74 Å². The van der Waals surface area contributed by atoms with E-state index in [4.69, 9.17) is 4.74 Å². The Morgan fingerprint density at radius 3 is 2.78 bits per heavy atom. The maximum atomic E-state index is 11.8. The molecule has 18 heavy (non-hydrogen) atoms. The Bertz CT molecular complexity index is 634. The summed E-state index contributed by atoms with van der Waals surface area (Å²) in [5.41, 5.74) is 0.747. The number of carbonyl (C=O) groups is 2. The molecule has 5 nitrogen and oxygen atoms in total. The van der Waals surface area contributed by atoms with Gasteiger partial charge in [0.25, 0.3) is 0 Å². The Hall–Kier alpha value is -1.69. The number of fused-ring (bicyclic) bond motifs is 1. The molecular weight excluding hydrogens is 300 g/mol. The minimum Gasteiger partial charge on any atom is -0.461 e. The fourth-order valence-corrected chi connectivity index (χ4v) is 2.04. The minimum absolute atomic E-state index is 0.156. The van der Waals surface area contributed by atoms with Crippen LogP contribution in [0.25, 0.3) is 10.9 Å². The van der Waals surface area contributed by atoms with E-state index in [2.05, 4.69) is 21.0 Å². The van der Waals surface area contributed by atoms with Crippen LogP contribution in [0.5, 0.6) is 0 Å². The zero-order valence-corrected chi connectivity index (χ0v) is 11.5. The Morgan fingerprint density at radius 1 is 1.44 bits per heavy atom. The summed E-state index contributed by atoms with van der Waals surface area (Å²) in [7, 11) is 0. The number of hydrogen-bond donors (Lipinski definition) is 0. The predicted molar refractivity (Wildman–Crippen MR) is 69.7 cm³/mol. The van der Waals surface area contributed by atoms with Crippen molar-refractivity contribution in [2.45, 2.75) is 13.8 Å². The van der Waals surface area contributed by atoms with Gasteiger partial charge in [0.05, 0.1) is 12.1 Å². The molecule has 0 spiro atoms. The number of aromatic nitrogens is 2. The first kappa shape index (κ1) is 12.8. The van der Waals surface area contributed by atoms with Gasteiger partial charge in [-0.1, -0.05) is 15.9 Å². The summed E-state index contributed by atoms with van der Waals surface area (Å²) < 4.78 is 6.94. The number of hydrogen-bond acceptors (Lipinski definition) is 4. The van der Waals surface area contributed by atoms with Crippen LogP contribution in [-0.4, -0.2) is 28.3 Å². The van der Waals surface area contributed by atoms with E-state index in [1.807, 2.05) is 0 Å². The van der Waals surface area contributed by atoms with Crippen molar-refractivity contribution in [1.82, 2.24) is 9.78 Å². The smallest absolute Gasteiger partial charge is 0.359 e. The molecule has 1 heterocycles. The van der Waals surface area contributed by atoms with Gasteiger partial charge in [0.2, 0.25) is 5.91 Å². The fourth-order valence-electron chi connectivity index (χ4n) is 1.68. The Labute approximate surface area is 112 Å². The van der Waals surface area contributed by atoms with Gasteiger partial charge in [0.1, 0.15) is 0 Å². The summed E-state index contributed by atoms with van der Waals surface area (Å²) in [6.45, 7) is 3.38. The summed E-state index contributed by atoms with van der Waals surface area (Å²) in [6, 6.07) is 5.27. The minimum atomic E-state index is -0.527. The molecule has 0 aliphatic heterocycles. The average molecular weight is 311 g/mol. The molecule has 0 amide bonds. The molecule has 0 atom stereocenters. The van der Waals surface area contributed by atoms with Gasteiger partial charge >= 0.3 is 5.97 Å². The SMILES string of the molecule is CCOC(=O)c1nn(C(C)=O)c2ccc(Br)cc12. The van der Waals surface area contributed by atoms with E-state index in [1.54, 1.807) is 25.1 Å². The molecule has 0 saturated heterocycles. The normalized spacial score (nSPS) is 10.6. The molecule has 2 rings (SSSR count). The number of carbonyl (C=O) groups excluding carboxylic acids is 2. The molecule has 0 bridgehead atoms. The van der Waals surface area contributed by atoms with Crippen molar-refractivity contribution in [2.75, 3.05) is 6.61 Å². The lowest BCUT2D eigenvalue weighted by Crippen LogP contribution is -2.10. The summed E-state index contributed by atoms with van der Waals surface area (Å²) >= 11 is 3.33. The molecule has 0 aliphatic rings. The van der Waals surface area contributed by atoms with Crippen molar-refractivity contribution in [1.29, 1.82) is 0 Å².